The topological polar surface area (TPSA) is 86.6 Å². The molecule has 0 radical (unpaired) electrons. The van der Waals surface area contributed by atoms with Crippen molar-refractivity contribution in [1.82, 2.24) is 4.57 Å². The fourth-order valence-electron chi connectivity index (χ4n) is 3.25. The Kier molecular flexibility index (Phi) is 4.58. The van der Waals surface area contributed by atoms with E-state index < -0.39 is 9.84 Å². The maximum absolute atomic E-state index is 12.8. The lowest BCUT2D eigenvalue weighted by molar-refractivity contribution is 0.102. The Hall–Kier alpha value is -3.26. The van der Waals surface area contributed by atoms with E-state index in [-0.39, 0.29) is 17.6 Å². The zero-order valence-electron chi connectivity index (χ0n) is 16.2. The van der Waals surface area contributed by atoms with Gasteiger partial charge in [0.05, 0.1) is 10.5 Å². The third-order valence-electron chi connectivity index (χ3n) is 4.99. The van der Waals surface area contributed by atoms with Gasteiger partial charge in [0.15, 0.2) is 21.3 Å². The molecule has 1 N–H and O–H groups in total. The van der Waals surface area contributed by atoms with Gasteiger partial charge in [-0.15, -0.1) is 0 Å². The molecule has 1 aliphatic rings. The summed E-state index contributed by atoms with van der Waals surface area (Å²) in [6, 6.07) is 13.6. The number of rotatable bonds is 4. The second-order valence-corrected chi connectivity index (χ2v) is 8.92. The lowest BCUT2D eigenvalue weighted by Gasteiger charge is -2.07. The monoisotopic (exact) mass is 412 g/mol. The Morgan fingerprint density at radius 2 is 1.72 bits per heavy atom. The zero-order chi connectivity index (χ0) is 20.8. The van der Waals surface area contributed by atoms with Crippen molar-refractivity contribution in [2.24, 2.45) is 7.05 Å². The number of hydrogen-bond acceptors (Lipinski definition) is 5. The molecule has 1 amide bonds. The fraction of sp³-hybridized carbons (Fsp3) is 0.190. The molecule has 0 fully saturated rings. The van der Waals surface area contributed by atoms with Gasteiger partial charge >= 0.3 is 0 Å². The highest BCUT2D eigenvalue weighted by Gasteiger charge is 2.20. The van der Waals surface area contributed by atoms with E-state index in [1.807, 2.05) is 42.8 Å². The third kappa shape index (κ3) is 3.58. The van der Waals surface area contributed by atoms with Crippen molar-refractivity contribution in [3.8, 4) is 22.8 Å². The van der Waals surface area contributed by atoms with Crippen molar-refractivity contribution in [2.45, 2.75) is 11.8 Å². The van der Waals surface area contributed by atoms with Crippen LogP contribution >= 0.6 is 0 Å². The van der Waals surface area contributed by atoms with Gasteiger partial charge in [-0.25, -0.2) is 8.42 Å². The number of amides is 1. The lowest BCUT2D eigenvalue weighted by Crippen LogP contribution is -2.13. The van der Waals surface area contributed by atoms with E-state index in [0.29, 0.717) is 22.7 Å². The first-order valence-corrected chi connectivity index (χ1v) is 10.8. The van der Waals surface area contributed by atoms with Gasteiger partial charge in [0.2, 0.25) is 6.79 Å². The number of hydrogen-bond donors (Lipinski definition) is 1. The molecular formula is C21H20N2O5S. The van der Waals surface area contributed by atoms with E-state index >= 15 is 0 Å². The highest BCUT2D eigenvalue weighted by atomic mass is 32.2. The van der Waals surface area contributed by atoms with Crippen LogP contribution in [0.2, 0.25) is 0 Å². The second kappa shape index (κ2) is 6.97. The summed E-state index contributed by atoms with van der Waals surface area (Å²) in [6.07, 6.45) is 1.14. The summed E-state index contributed by atoms with van der Waals surface area (Å²) in [5.74, 6) is 1.12. The van der Waals surface area contributed by atoms with E-state index in [0.717, 1.165) is 23.2 Å². The van der Waals surface area contributed by atoms with Crippen molar-refractivity contribution < 1.29 is 22.7 Å². The number of anilines is 1. The summed E-state index contributed by atoms with van der Waals surface area (Å²) >= 11 is 0. The standard InChI is InChI=1S/C21H20N2O5S/c1-13-17(21(24)22-15-5-7-16(8-6-15)29(3,25)26)11-18(23(13)2)14-4-9-19-20(10-14)28-12-27-19/h4-11H,12H2,1-3H3,(H,22,24). The Labute approximate surface area is 168 Å². The number of nitrogens with zero attached hydrogens (tertiary/aromatic N) is 1. The summed E-state index contributed by atoms with van der Waals surface area (Å²) in [5.41, 5.74) is 3.65. The number of aromatic nitrogens is 1. The van der Waals surface area contributed by atoms with E-state index in [4.69, 9.17) is 9.47 Å². The number of sulfone groups is 1. The van der Waals surface area contributed by atoms with Gasteiger partial charge in [-0.1, -0.05) is 0 Å². The molecule has 3 aromatic rings. The van der Waals surface area contributed by atoms with Crippen LogP contribution in [0.5, 0.6) is 11.5 Å². The molecule has 1 aliphatic heterocycles. The van der Waals surface area contributed by atoms with Gasteiger partial charge in [0, 0.05) is 35.9 Å². The van der Waals surface area contributed by atoms with Gasteiger partial charge < -0.3 is 19.4 Å². The number of fused-ring (bicyclic) bond motifs is 1. The first-order valence-electron chi connectivity index (χ1n) is 8.92. The van der Waals surface area contributed by atoms with Crippen LogP contribution in [0, 0.1) is 6.92 Å². The first kappa shape index (κ1) is 19.1. The van der Waals surface area contributed by atoms with Crippen molar-refractivity contribution in [3.63, 3.8) is 0 Å². The maximum Gasteiger partial charge on any atom is 0.257 e. The molecule has 2 heterocycles. The molecule has 7 nitrogen and oxygen atoms in total. The van der Waals surface area contributed by atoms with Crippen molar-refractivity contribution in [3.05, 3.63) is 59.8 Å². The Balaban J connectivity index is 1.61. The predicted molar refractivity (Wildman–Crippen MR) is 109 cm³/mol. The fourth-order valence-corrected chi connectivity index (χ4v) is 3.88. The molecule has 8 heteroatoms. The van der Waals surface area contributed by atoms with Crippen LogP contribution < -0.4 is 14.8 Å². The Morgan fingerprint density at radius 1 is 1.03 bits per heavy atom. The first-order chi connectivity index (χ1) is 13.7. The van der Waals surface area contributed by atoms with Gasteiger partial charge in [0.25, 0.3) is 5.91 Å². The summed E-state index contributed by atoms with van der Waals surface area (Å²) in [7, 11) is -1.38. The quantitative estimate of drug-likeness (QED) is 0.710. The molecule has 0 atom stereocenters. The van der Waals surface area contributed by atoms with Gasteiger partial charge in [-0.05, 0) is 55.5 Å². The molecule has 29 heavy (non-hydrogen) atoms. The zero-order valence-corrected chi connectivity index (χ0v) is 17.0. The predicted octanol–water partition coefficient (Wildman–Crippen LogP) is 3.39. The van der Waals surface area contributed by atoms with Crippen molar-refractivity contribution in [2.75, 3.05) is 18.4 Å². The van der Waals surface area contributed by atoms with Crippen LogP contribution in [0.25, 0.3) is 11.3 Å². The number of carbonyl (C=O) groups excluding carboxylic acids is 1. The molecule has 0 spiro atoms. The highest BCUT2D eigenvalue weighted by Crippen LogP contribution is 2.36. The molecule has 150 valence electrons. The normalized spacial score (nSPS) is 12.8. The summed E-state index contributed by atoms with van der Waals surface area (Å²) in [4.78, 5) is 13.0. The number of nitrogens with one attached hydrogen (secondary N) is 1. The minimum atomic E-state index is -3.28. The number of carbonyl (C=O) groups is 1. The van der Waals surface area contributed by atoms with Gasteiger partial charge in [0.1, 0.15) is 0 Å². The van der Waals surface area contributed by atoms with Crippen LogP contribution in [0.15, 0.2) is 53.4 Å². The molecule has 1 aromatic heterocycles. The average Bonchev–Trinajstić information content (AvgIpc) is 3.26. The molecule has 4 rings (SSSR count). The average molecular weight is 412 g/mol. The molecular weight excluding hydrogens is 392 g/mol. The van der Waals surface area contributed by atoms with E-state index in [1.54, 1.807) is 12.1 Å². The minimum Gasteiger partial charge on any atom is -0.454 e. The summed E-state index contributed by atoms with van der Waals surface area (Å²) < 4.78 is 35.9. The molecule has 0 aliphatic carbocycles. The molecule has 0 unspecified atom stereocenters. The molecule has 2 aromatic carbocycles. The smallest absolute Gasteiger partial charge is 0.257 e. The Bertz CT molecular complexity index is 1210. The Morgan fingerprint density at radius 3 is 2.41 bits per heavy atom. The largest absolute Gasteiger partial charge is 0.454 e. The highest BCUT2D eigenvalue weighted by molar-refractivity contribution is 7.90. The number of ether oxygens (including phenoxy) is 2. The van der Waals surface area contributed by atoms with Crippen LogP contribution in [-0.4, -0.2) is 31.9 Å². The van der Waals surface area contributed by atoms with E-state index in [1.165, 1.54) is 12.1 Å². The molecule has 0 saturated carbocycles. The van der Waals surface area contributed by atoms with Gasteiger partial charge in [-0.3, -0.25) is 4.79 Å². The summed E-state index contributed by atoms with van der Waals surface area (Å²) in [6.45, 7) is 2.08. The van der Waals surface area contributed by atoms with Gasteiger partial charge in [-0.2, -0.15) is 0 Å². The van der Waals surface area contributed by atoms with Crippen LogP contribution in [0.1, 0.15) is 16.1 Å². The SMILES string of the molecule is Cc1c(C(=O)Nc2ccc(S(C)(=O)=O)cc2)cc(-c2ccc3c(c2)OCO3)n1C. The minimum absolute atomic E-state index is 0.205. The van der Waals surface area contributed by atoms with Crippen LogP contribution in [0.4, 0.5) is 5.69 Å². The van der Waals surface area contributed by atoms with Crippen LogP contribution in [-0.2, 0) is 16.9 Å². The van der Waals surface area contributed by atoms with E-state index in [2.05, 4.69) is 5.32 Å². The second-order valence-electron chi connectivity index (χ2n) is 6.91. The molecule has 0 bridgehead atoms. The third-order valence-corrected chi connectivity index (χ3v) is 6.12. The van der Waals surface area contributed by atoms with Crippen LogP contribution in [0.3, 0.4) is 0 Å². The maximum atomic E-state index is 12.8. The van der Waals surface area contributed by atoms with Crippen molar-refractivity contribution in [1.29, 1.82) is 0 Å². The lowest BCUT2D eigenvalue weighted by atomic mass is 10.1. The van der Waals surface area contributed by atoms with Crippen molar-refractivity contribution >= 4 is 21.4 Å². The molecule has 0 saturated heterocycles. The number of benzene rings is 2. The summed E-state index contributed by atoms with van der Waals surface area (Å²) in [5, 5.41) is 2.82. The van der Waals surface area contributed by atoms with E-state index in [9.17, 15) is 13.2 Å².